The van der Waals surface area contributed by atoms with Crippen LogP contribution in [0.4, 0.5) is 22.4 Å². The van der Waals surface area contributed by atoms with Crippen molar-refractivity contribution in [2.75, 3.05) is 24.2 Å². The number of aromatic nitrogens is 3. The highest BCUT2D eigenvalue weighted by Gasteiger charge is 2.32. The first-order valence-electron chi connectivity index (χ1n) is 11.3. The van der Waals surface area contributed by atoms with Crippen LogP contribution in [0.2, 0.25) is 10.0 Å². The van der Waals surface area contributed by atoms with Gasteiger partial charge in [0.2, 0.25) is 11.9 Å². The van der Waals surface area contributed by atoms with E-state index >= 15 is 0 Å². The van der Waals surface area contributed by atoms with Crippen molar-refractivity contribution in [3.05, 3.63) is 46.4 Å². The first-order chi connectivity index (χ1) is 16.6. The standard InChI is InChI=1S/C24H28Cl2N6O3/c1-24(2,3)35-23(33)32-10-4-5-16(32)13-34-17-8-6-14(7-9-17)20-18(25)11-15(12-19(20)26)28-22-29-21(27)30-31-22/h6-9,11-12,16H,4-5,10,13H2,1-3H3,(H4,27,28,29,30,31)/t16-/m0/s1. The van der Waals surface area contributed by atoms with Crippen LogP contribution >= 0.6 is 23.2 Å². The predicted octanol–water partition coefficient (Wildman–Crippen LogP) is 5.88. The number of amides is 1. The Balaban J connectivity index is 1.40. The van der Waals surface area contributed by atoms with Crippen molar-refractivity contribution < 1.29 is 14.3 Å². The molecule has 1 aliphatic heterocycles. The molecule has 1 aromatic heterocycles. The lowest BCUT2D eigenvalue weighted by Crippen LogP contribution is -2.42. The van der Waals surface area contributed by atoms with Gasteiger partial charge in [0.25, 0.3) is 0 Å². The molecule has 1 aliphatic rings. The van der Waals surface area contributed by atoms with E-state index in [1.54, 1.807) is 17.0 Å². The van der Waals surface area contributed by atoms with Crippen molar-refractivity contribution in [2.45, 2.75) is 45.3 Å². The summed E-state index contributed by atoms with van der Waals surface area (Å²) in [7, 11) is 0. The summed E-state index contributed by atoms with van der Waals surface area (Å²) in [6.45, 7) is 6.66. The summed E-state index contributed by atoms with van der Waals surface area (Å²) in [6, 6.07) is 11.0. The monoisotopic (exact) mass is 518 g/mol. The molecule has 11 heteroatoms. The van der Waals surface area contributed by atoms with Crippen LogP contribution < -0.4 is 15.8 Å². The van der Waals surface area contributed by atoms with Crippen LogP contribution in [0.1, 0.15) is 33.6 Å². The van der Waals surface area contributed by atoms with Gasteiger partial charge >= 0.3 is 6.09 Å². The zero-order chi connectivity index (χ0) is 25.2. The van der Waals surface area contributed by atoms with Crippen LogP contribution in [-0.2, 0) is 4.74 Å². The van der Waals surface area contributed by atoms with Crippen molar-refractivity contribution in [2.24, 2.45) is 0 Å². The Morgan fingerprint density at radius 3 is 2.51 bits per heavy atom. The van der Waals surface area contributed by atoms with Gasteiger partial charge in [-0.1, -0.05) is 35.3 Å². The zero-order valence-electron chi connectivity index (χ0n) is 19.8. The Morgan fingerprint density at radius 1 is 1.23 bits per heavy atom. The molecule has 0 aliphatic carbocycles. The van der Waals surface area contributed by atoms with E-state index < -0.39 is 5.60 Å². The van der Waals surface area contributed by atoms with E-state index in [9.17, 15) is 4.79 Å². The number of carbonyl (C=O) groups excluding carboxylic acids is 1. The second-order valence-electron chi connectivity index (χ2n) is 9.29. The molecule has 4 N–H and O–H groups in total. The minimum absolute atomic E-state index is 0.0205. The summed E-state index contributed by atoms with van der Waals surface area (Å²) in [6.07, 6.45) is 1.51. The zero-order valence-corrected chi connectivity index (χ0v) is 21.3. The lowest BCUT2D eigenvalue weighted by molar-refractivity contribution is 0.0187. The summed E-state index contributed by atoms with van der Waals surface area (Å²) >= 11 is 13.1. The molecule has 0 spiro atoms. The van der Waals surface area contributed by atoms with E-state index in [1.165, 1.54) is 0 Å². The quantitative estimate of drug-likeness (QED) is 0.372. The van der Waals surface area contributed by atoms with Gasteiger partial charge in [-0.3, -0.25) is 0 Å². The largest absolute Gasteiger partial charge is 0.491 e. The lowest BCUT2D eigenvalue weighted by atomic mass is 10.0. The fourth-order valence-electron chi connectivity index (χ4n) is 3.86. The van der Waals surface area contributed by atoms with Gasteiger partial charge in [0.1, 0.15) is 18.0 Å². The SMILES string of the molecule is CC(C)(C)OC(=O)N1CCC[C@H]1COc1ccc(-c2c(Cl)cc(Nc3n[nH]c(N)n3)cc2Cl)cc1. The van der Waals surface area contributed by atoms with Crippen LogP contribution in [-0.4, -0.2) is 51.0 Å². The Bertz CT molecular complexity index is 1170. The van der Waals surface area contributed by atoms with Gasteiger partial charge in [-0.05, 0) is 63.4 Å². The fourth-order valence-corrected chi connectivity index (χ4v) is 4.57. The normalized spacial score (nSPS) is 15.8. The van der Waals surface area contributed by atoms with Gasteiger partial charge in [0, 0.05) is 17.8 Å². The molecule has 1 amide bonds. The third-order valence-corrected chi connectivity index (χ3v) is 5.99. The van der Waals surface area contributed by atoms with Crippen LogP contribution in [0.25, 0.3) is 11.1 Å². The number of rotatable bonds is 6. The van der Waals surface area contributed by atoms with Crippen LogP contribution in [0, 0.1) is 0 Å². The number of nitrogens with two attached hydrogens (primary N) is 1. The summed E-state index contributed by atoms with van der Waals surface area (Å²) in [5, 5.41) is 10.4. The molecule has 4 rings (SSSR count). The van der Waals surface area contributed by atoms with Crippen molar-refractivity contribution in [1.29, 1.82) is 0 Å². The van der Waals surface area contributed by atoms with Gasteiger partial charge in [0.05, 0.1) is 16.1 Å². The molecule has 0 bridgehead atoms. The van der Waals surface area contributed by atoms with Crippen LogP contribution in [0.3, 0.4) is 0 Å². The Morgan fingerprint density at radius 2 is 1.91 bits per heavy atom. The average Bonchev–Trinajstić information content (AvgIpc) is 3.40. The molecule has 0 unspecified atom stereocenters. The predicted molar refractivity (Wildman–Crippen MR) is 137 cm³/mol. The van der Waals surface area contributed by atoms with E-state index in [2.05, 4.69) is 20.5 Å². The number of halogens is 2. The molecule has 1 atom stereocenters. The maximum atomic E-state index is 12.5. The number of aromatic amines is 1. The van der Waals surface area contributed by atoms with Gasteiger partial charge in [-0.15, -0.1) is 5.10 Å². The second-order valence-corrected chi connectivity index (χ2v) is 10.1. The second kappa shape index (κ2) is 10.2. The number of carbonyl (C=O) groups is 1. The first-order valence-corrected chi connectivity index (χ1v) is 12.0. The molecule has 9 nitrogen and oxygen atoms in total. The third kappa shape index (κ3) is 6.29. The van der Waals surface area contributed by atoms with E-state index in [1.807, 2.05) is 45.0 Å². The van der Waals surface area contributed by atoms with Crippen molar-refractivity contribution in [3.63, 3.8) is 0 Å². The lowest BCUT2D eigenvalue weighted by Gasteiger charge is -2.28. The Kier molecular flexibility index (Phi) is 7.28. The number of hydrogen-bond acceptors (Lipinski definition) is 7. The maximum absolute atomic E-state index is 12.5. The molecule has 186 valence electrons. The van der Waals surface area contributed by atoms with Gasteiger partial charge in [-0.2, -0.15) is 4.98 Å². The number of benzene rings is 2. The molecule has 2 aromatic carbocycles. The van der Waals surface area contributed by atoms with Gasteiger partial charge in [0.15, 0.2) is 0 Å². The summed E-state index contributed by atoms with van der Waals surface area (Å²) in [5.74, 6) is 1.21. The Hall–Kier alpha value is -3.17. The molecule has 0 saturated carbocycles. The number of ether oxygens (including phenoxy) is 2. The fraction of sp³-hybridized carbons (Fsp3) is 0.375. The van der Waals surface area contributed by atoms with Crippen molar-refractivity contribution in [1.82, 2.24) is 20.1 Å². The number of anilines is 3. The smallest absolute Gasteiger partial charge is 0.410 e. The minimum Gasteiger partial charge on any atom is -0.491 e. The molecule has 1 saturated heterocycles. The van der Waals surface area contributed by atoms with E-state index in [4.69, 9.17) is 38.4 Å². The van der Waals surface area contributed by atoms with Crippen molar-refractivity contribution in [3.8, 4) is 16.9 Å². The highest BCUT2D eigenvalue weighted by atomic mass is 35.5. The summed E-state index contributed by atoms with van der Waals surface area (Å²) in [4.78, 5) is 18.2. The minimum atomic E-state index is -0.526. The number of hydrogen-bond donors (Lipinski definition) is 3. The maximum Gasteiger partial charge on any atom is 0.410 e. The number of H-pyrrole nitrogens is 1. The van der Waals surface area contributed by atoms with Gasteiger partial charge < -0.3 is 25.4 Å². The van der Waals surface area contributed by atoms with E-state index in [0.29, 0.717) is 46.1 Å². The molecule has 35 heavy (non-hydrogen) atoms. The number of nitrogen functional groups attached to an aromatic ring is 1. The van der Waals surface area contributed by atoms with Crippen LogP contribution in [0.15, 0.2) is 36.4 Å². The first kappa shape index (κ1) is 24.9. The average molecular weight is 519 g/mol. The number of likely N-dealkylation sites (tertiary alicyclic amines) is 1. The highest BCUT2D eigenvalue weighted by molar-refractivity contribution is 6.39. The number of nitrogens with zero attached hydrogens (tertiary/aromatic N) is 3. The van der Waals surface area contributed by atoms with Gasteiger partial charge in [-0.25, -0.2) is 9.89 Å². The molecule has 2 heterocycles. The molecule has 3 aromatic rings. The van der Waals surface area contributed by atoms with Crippen LogP contribution in [0.5, 0.6) is 5.75 Å². The van der Waals surface area contributed by atoms with E-state index in [-0.39, 0.29) is 18.1 Å². The summed E-state index contributed by atoms with van der Waals surface area (Å²) < 4.78 is 11.5. The molecule has 0 radical (unpaired) electrons. The molecule has 1 fully saturated rings. The molecular weight excluding hydrogens is 491 g/mol. The summed E-state index contributed by atoms with van der Waals surface area (Å²) in [5.41, 5.74) is 7.20. The number of nitrogens with one attached hydrogen (secondary N) is 2. The van der Waals surface area contributed by atoms with E-state index in [0.717, 1.165) is 18.4 Å². The third-order valence-electron chi connectivity index (χ3n) is 5.39. The Labute approximate surface area is 213 Å². The van der Waals surface area contributed by atoms with Crippen molar-refractivity contribution >= 4 is 46.9 Å². The highest BCUT2D eigenvalue weighted by Crippen LogP contribution is 2.38. The topological polar surface area (TPSA) is 118 Å². The molecular formula is C24H28Cl2N6O3.